The van der Waals surface area contributed by atoms with E-state index in [1.165, 1.54) is 0 Å². The van der Waals surface area contributed by atoms with Crippen molar-refractivity contribution in [2.75, 3.05) is 0 Å². The molecule has 1 nitrogen and oxygen atoms in total. The van der Waals surface area contributed by atoms with Gasteiger partial charge in [0, 0.05) is 11.4 Å². The van der Waals surface area contributed by atoms with Gasteiger partial charge in [-0.2, -0.15) is 4.39 Å². The molecule has 6 heteroatoms. The molecule has 1 aromatic rings. The van der Waals surface area contributed by atoms with Crippen LogP contribution in [0.25, 0.3) is 0 Å². The molecule has 0 N–H and O–H groups in total. The van der Waals surface area contributed by atoms with E-state index in [0.717, 1.165) is 6.07 Å². The van der Waals surface area contributed by atoms with Gasteiger partial charge in [0.15, 0.2) is 0 Å². The molecule has 0 amide bonds. The number of hydrogen-bond donors (Lipinski definition) is 0. The molecule has 0 fully saturated rings. The van der Waals surface area contributed by atoms with Gasteiger partial charge in [0.25, 0.3) is 6.43 Å². The van der Waals surface area contributed by atoms with Crippen LogP contribution in [0, 0.1) is 5.95 Å². The van der Waals surface area contributed by atoms with Gasteiger partial charge in [0.05, 0.1) is 16.3 Å². The van der Waals surface area contributed by atoms with E-state index in [0.29, 0.717) is 0 Å². The molecule has 0 saturated carbocycles. The van der Waals surface area contributed by atoms with Crippen molar-refractivity contribution in [1.82, 2.24) is 4.98 Å². The standard InChI is InChI=1S/C7H4BrClF3N/c8-2-4-6(7(11)12)3(9)1-5(10)13-4/h1,7H,2H2. The van der Waals surface area contributed by atoms with Crippen LogP contribution in [0.5, 0.6) is 0 Å². The predicted molar refractivity (Wildman–Crippen MR) is 46.8 cm³/mol. The van der Waals surface area contributed by atoms with Gasteiger partial charge in [-0.05, 0) is 0 Å². The number of aromatic nitrogens is 1. The lowest BCUT2D eigenvalue weighted by Gasteiger charge is -2.07. The van der Waals surface area contributed by atoms with Gasteiger partial charge in [-0.15, -0.1) is 0 Å². The molecular formula is C7H4BrClF3N. The zero-order chi connectivity index (χ0) is 10.0. The summed E-state index contributed by atoms with van der Waals surface area (Å²) in [6.07, 6.45) is -2.74. The van der Waals surface area contributed by atoms with Crippen LogP contribution in [0.15, 0.2) is 6.07 Å². The fourth-order valence-electron chi connectivity index (χ4n) is 0.874. The molecule has 0 aliphatic heterocycles. The van der Waals surface area contributed by atoms with Crippen molar-refractivity contribution in [1.29, 1.82) is 0 Å². The molecule has 0 unspecified atom stereocenters. The van der Waals surface area contributed by atoms with Gasteiger partial charge < -0.3 is 0 Å². The topological polar surface area (TPSA) is 12.9 Å². The van der Waals surface area contributed by atoms with E-state index in [9.17, 15) is 13.2 Å². The molecule has 1 aromatic heterocycles. The molecule has 0 atom stereocenters. The molecule has 0 aliphatic rings. The summed E-state index contributed by atoms with van der Waals surface area (Å²) in [7, 11) is 0. The maximum Gasteiger partial charge on any atom is 0.267 e. The smallest absolute Gasteiger partial charge is 0.223 e. The second-order valence-corrected chi connectivity index (χ2v) is 3.19. The summed E-state index contributed by atoms with van der Waals surface area (Å²) in [6.45, 7) is 0. The van der Waals surface area contributed by atoms with Crippen LogP contribution in [-0.4, -0.2) is 4.98 Å². The third kappa shape index (κ3) is 2.34. The summed E-state index contributed by atoms with van der Waals surface area (Å²) in [5, 5.41) is -0.249. The molecule has 0 saturated heterocycles. The van der Waals surface area contributed by atoms with Crippen molar-refractivity contribution in [2.24, 2.45) is 0 Å². The van der Waals surface area contributed by atoms with Crippen LogP contribution in [0.1, 0.15) is 17.7 Å². The average molecular weight is 274 g/mol. The minimum Gasteiger partial charge on any atom is -0.223 e. The Balaban J connectivity index is 3.30. The lowest BCUT2D eigenvalue weighted by Crippen LogP contribution is -1.99. The zero-order valence-electron chi connectivity index (χ0n) is 6.20. The number of hydrogen-bond acceptors (Lipinski definition) is 1. The fourth-order valence-corrected chi connectivity index (χ4v) is 1.58. The maximum absolute atomic E-state index is 12.6. The minimum absolute atomic E-state index is 0.0458. The molecular weight excluding hydrogens is 270 g/mol. The van der Waals surface area contributed by atoms with E-state index in [4.69, 9.17) is 11.6 Å². The quantitative estimate of drug-likeness (QED) is 0.592. The van der Waals surface area contributed by atoms with Gasteiger partial charge in [0.1, 0.15) is 0 Å². The molecule has 0 radical (unpaired) electrons. The third-order valence-corrected chi connectivity index (χ3v) is 2.24. The normalized spacial score (nSPS) is 10.9. The van der Waals surface area contributed by atoms with Gasteiger partial charge in [-0.3, -0.25) is 0 Å². The van der Waals surface area contributed by atoms with Crippen molar-refractivity contribution >= 4 is 27.5 Å². The van der Waals surface area contributed by atoms with Gasteiger partial charge in [-0.1, -0.05) is 27.5 Å². The summed E-state index contributed by atoms with van der Waals surface area (Å²) < 4.78 is 37.3. The summed E-state index contributed by atoms with van der Waals surface area (Å²) in [6, 6.07) is 0.773. The first kappa shape index (κ1) is 10.8. The van der Waals surface area contributed by atoms with Crippen LogP contribution in [0.3, 0.4) is 0 Å². The molecule has 0 aliphatic carbocycles. The average Bonchev–Trinajstić information content (AvgIpc) is 2.01. The summed E-state index contributed by atoms with van der Waals surface area (Å²) in [4.78, 5) is 3.30. The van der Waals surface area contributed by atoms with Crippen LogP contribution in [0.4, 0.5) is 13.2 Å². The Kier molecular flexibility index (Phi) is 3.55. The molecule has 1 heterocycles. The highest BCUT2D eigenvalue weighted by Crippen LogP contribution is 2.30. The Morgan fingerprint density at radius 3 is 2.62 bits per heavy atom. The van der Waals surface area contributed by atoms with Crippen LogP contribution < -0.4 is 0 Å². The Labute approximate surface area is 86.0 Å². The van der Waals surface area contributed by atoms with Gasteiger partial charge in [-0.25, -0.2) is 13.8 Å². The van der Waals surface area contributed by atoms with Crippen molar-refractivity contribution in [3.05, 3.63) is 28.3 Å². The second kappa shape index (κ2) is 4.28. The van der Waals surface area contributed by atoms with Crippen molar-refractivity contribution < 1.29 is 13.2 Å². The van der Waals surface area contributed by atoms with E-state index in [1.807, 2.05) is 0 Å². The van der Waals surface area contributed by atoms with E-state index in [1.54, 1.807) is 0 Å². The van der Waals surface area contributed by atoms with E-state index in [-0.39, 0.29) is 16.0 Å². The number of nitrogens with zero attached hydrogens (tertiary/aromatic N) is 1. The first-order chi connectivity index (χ1) is 6.06. The zero-order valence-corrected chi connectivity index (χ0v) is 8.54. The van der Waals surface area contributed by atoms with E-state index < -0.39 is 17.9 Å². The van der Waals surface area contributed by atoms with Crippen LogP contribution in [0.2, 0.25) is 5.02 Å². The van der Waals surface area contributed by atoms with Crippen molar-refractivity contribution in [3.63, 3.8) is 0 Å². The summed E-state index contributed by atoms with van der Waals surface area (Å²) in [5.74, 6) is -0.858. The molecule has 72 valence electrons. The molecule has 0 bridgehead atoms. The summed E-state index contributed by atoms with van der Waals surface area (Å²) in [5.41, 5.74) is -0.486. The highest BCUT2D eigenvalue weighted by Gasteiger charge is 2.18. The number of halogens is 5. The van der Waals surface area contributed by atoms with Crippen LogP contribution >= 0.6 is 27.5 Å². The molecule has 0 aromatic carbocycles. The first-order valence-corrected chi connectivity index (χ1v) is 4.75. The minimum atomic E-state index is -2.74. The maximum atomic E-state index is 12.6. The Bertz CT molecular complexity index is 319. The van der Waals surface area contributed by atoms with Crippen LogP contribution in [-0.2, 0) is 5.33 Å². The highest BCUT2D eigenvalue weighted by molar-refractivity contribution is 9.08. The van der Waals surface area contributed by atoms with Crippen molar-refractivity contribution in [2.45, 2.75) is 11.8 Å². The van der Waals surface area contributed by atoms with E-state index in [2.05, 4.69) is 20.9 Å². The highest BCUT2D eigenvalue weighted by atomic mass is 79.9. The Hall–Kier alpha value is -0.290. The number of rotatable bonds is 2. The Morgan fingerprint density at radius 2 is 2.15 bits per heavy atom. The fraction of sp³-hybridized carbons (Fsp3) is 0.286. The predicted octanol–water partition coefficient (Wildman–Crippen LogP) is 3.71. The second-order valence-electron chi connectivity index (χ2n) is 2.22. The van der Waals surface area contributed by atoms with Crippen molar-refractivity contribution in [3.8, 4) is 0 Å². The van der Waals surface area contributed by atoms with Gasteiger partial charge in [0.2, 0.25) is 5.95 Å². The number of pyridine rings is 1. The molecule has 0 spiro atoms. The largest absolute Gasteiger partial charge is 0.267 e. The monoisotopic (exact) mass is 273 g/mol. The lowest BCUT2D eigenvalue weighted by molar-refractivity contribution is 0.150. The number of alkyl halides is 3. The Morgan fingerprint density at radius 1 is 1.54 bits per heavy atom. The lowest BCUT2D eigenvalue weighted by atomic mass is 10.2. The summed E-state index contributed by atoms with van der Waals surface area (Å²) >= 11 is 8.35. The molecule has 13 heavy (non-hydrogen) atoms. The first-order valence-electron chi connectivity index (χ1n) is 3.25. The molecule has 1 rings (SSSR count). The SMILES string of the molecule is Fc1cc(Cl)c(C(F)F)c(CBr)n1. The third-order valence-electron chi connectivity index (χ3n) is 1.40. The van der Waals surface area contributed by atoms with E-state index >= 15 is 0 Å². The van der Waals surface area contributed by atoms with Gasteiger partial charge >= 0.3 is 0 Å².